The number of carbonyl (C=O) groups excluding carboxylic acids is 1. The zero-order valence-corrected chi connectivity index (χ0v) is 16.7. The van der Waals surface area contributed by atoms with Gasteiger partial charge in [-0.25, -0.2) is 0 Å². The van der Waals surface area contributed by atoms with Gasteiger partial charge in [-0.2, -0.15) is 0 Å². The highest BCUT2D eigenvalue weighted by atomic mass is 16.3. The summed E-state index contributed by atoms with van der Waals surface area (Å²) in [5.74, 6) is 2.11. The van der Waals surface area contributed by atoms with Crippen LogP contribution in [0.15, 0.2) is 4.99 Å². The maximum Gasteiger partial charge on any atom is 0.225 e. The molecule has 1 aliphatic heterocycles. The van der Waals surface area contributed by atoms with Crippen molar-refractivity contribution in [1.82, 2.24) is 15.5 Å². The van der Waals surface area contributed by atoms with Crippen LogP contribution in [0, 0.1) is 17.8 Å². The van der Waals surface area contributed by atoms with E-state index in [2.05, 4.69) is 31.4 Å². The molecule has 0 aromatic rings. The van der Waals surface area contributed by atoms with E-state index in [0.29, 0.717) is 11.8 Å². The molecule has 0 aromatic carbocycles. The molecule has 6 heteroatoms. The van der Waals surface area contributed by atoms with E-state index >= 15 is 0 Å². The molecule has 0 spiro atoms. The summed E-state index contributed by atoms with van der Waals surface area (Å²) in [5, 5.41) is 16.0. The number of guanidine groups is 1. The quantitative estimate of drug-likeness (QED) is 0.436. The Morgan fingerprint density at radius 2 is 2.04 bits per heavy atom. The summed E-state index contributed by atoms with van der Waals surface area (Å²) in [7, 11) is 0. The average Bonchev–Trinajstić information content (AvgIpc) is 2.99. The minimum atomic E-state index is 0.0518. The Hall–Kier alpha value is -1.30. The minimum Gasteiger partial charge on any atom is -0.396 e. The molecule has 1 rings (SSSR count). The molecule has 3 N–H and O–H groups in total. The minimum absolute atomic E-state index is 0.0518. The number of carbonyl (C=O) groups is 1. The van der Waals surface area contributed by atoms with Gasteiger partial charge >= 0.3 is 0 Å². The molecule has 0 saturated carbocycles. The fraction of sp³-hybridized carbons (Fsp3) is 0.895. The number of rotatable bonds is 9. The summed E-state index contributed by atoms with van der Waals surface area (Å²) in [5.41, 5.74) is 0. The molecule has 1 saturated heterocycles. The highest BCUT2D eigenvalue weighted by Crippen LogP contribution is 2.16. The van der Waals surface area contributed by atoms with Gasteiger partial charge in [0, 0.05) is 44.7 Å². The Morgan fingerprint density at radius 1 is 1.32 bits per heavy atom. The van der Waals surface area contributed by atoms with Gasteiger partial charge in [0.2, 0.25) is 5.91 Å². The lowest BCUT2D eigenvalue weighted by Gasteiger charge is -2.21. The molecule has 0 bridgehead atoms. The number of nitrogens with zero attached hydrogens (tertiary/aromatic N) is 2. The van der Waals surface area contributed by atoms with Crippen molar-refractivity contribution >= 4 is 11.9 Å². The largest absolute Gasteiger partial charge is 0.396 e. The number of hydrogen-bond donors (Lipinski definition) is 3. The second-order valence-corrected chi connectivity index (χ2v) is 7.80. The molecule has 1 fully saturated rings. The fourth-order valence-electron chi connectivity index (χ4n) is 3.31. The topological polar surface area (TPSA) is 77.0 Å². The lowest BCUT2D eigenvalue weighted by Crippen LogP contribution is -2.45. The molecular formula is C19H38N4O2. The van der Waals surface area contributed by atoms with Crippen LogP contribution in [0.1, 0.15) is 53.9 Å². The zero-order chi connectivity index (χ0) is 18.8. The first-order valence-corrected chi connectivity index (χ1v) is 9.81. The average molecular weight is 355 g/mol. The van der Waals surface area contributed by atoms with Crippen LogP contribution in [0.2, 0.25) is 0 Å². The van der Waals surface area contributed by atoms with Crippen LogP contribution in [0.5, 0.6) is 0 Å². The Morgan fingerprint density at radius 3 is 2.60 bits per heavy atom. The van der Waals surface area contributed by atoms with Crippen LogP contribution < -0.4 is 10.6 Å². The van der Waals surface area contributed by atoms with Gasteiger partial charge in [-0.1, -0.05) is 27.7 Å². The number of amides is 1. The summed E-state index contributed by atoms with van der Waals surface area (Å²) < 4.78 is 0. The van der Waals surface area contributed by atoms with Crippen LogP contribution >= 0.6 is 0 Å². The van der Waals surface area contributed by atoms with E-state index in [1.807, 2.05) is 18.7 Å². The van der Waals surface area contributed by atoms with E-state index in [9.17, 15) is 9.90 Å². The monoisotopic (exact) mass is 354 g/mol. The number of hydrogen-bond acceptors (Lipinski definition) is 3. The van der Waals surface area contributed by atoms with Crippen molar-refractivity contribution in [2.24, 2.45) is 22.7 Å². The summed E-state index contributed by atoms with van der Waals surface area (Å²) >= 11 is 0. The molecular weight excluding hydrogens is 316 g/mol. The van der Waals surface area contributed by atoms with E-state index in [1.54, 1.807) is 0 Å². The molecule has 1 amide bonds. The third kappa shape index (κ3) is 8.08. The summed E-state index contributed by atoms with van der Waals surface area (Å²) in [6, 6.07) is 0.252. The third-order valence-corrected chi connectivity index (χ3v) is 4.53. The SMILES string of the molecule is CCNC(=NCC(CCO)CC(C)C)NC1CCN(C(=O)C(C)C)C1. The molecule has 0 radical (unpaired) electrons. The van der Waals surface area contributed by atoms with Gasteiger partial charge in [-0.15, -0.1) is 0 Å². The van der Waals surface area contributed by atoms with Crippen molar-refractivity contribution in [3.05, 3.63) is 0 Å². The Kier molecular flexibility index (Phi) is 9.86. The second-order valence-electron chi connectivity index (χ2n) is 7.80. The first-order chi connectivity index (χ1) is 11.9. The van der Waals surface area contributed by atoms with Crippen LogP contribution in [0.4, 0.5) is 0 Å². The number of aliphatic hydroxyl groups excluding tert-OH is 1. The molecule has 6 nitrogen and oxygen atoms in total. The normalized spacial score (nSPS) is 19.6. The lowest BCUT2D eigenvalue weighted by molar-refractivity contribution is -0.133. The van der Waals surface area contributed by atoms with Crippen LogP contribution in [-0.4, -0.2) is 60.7 Å². The first-order valence-electron chi connectivity index (χ1n) is 9.81. The predicted molar refractivity (Wildman–Crippen MR) is 104 cm³/mol. The smallest absolute Gasteiger partial charge is 0.225 e. The van der Waals surface area contributed by atoms with Crippen LogP contribution in [0.3, 0.4) is 0 Å². The van der Waals surface area contributed by atoms with Crippen molar-refractivity contribution in [2.75, 3.05) is 32.8 Å². The van der Waals surface area contributed by atoms with Crippen molar-refractivity contribution < 1.29 is 9.90 Å². The summed E-state index contributed by atoms with van der Waals surface area (Å²) in [4.78, 5) is 18.8. The number of likely N-dealkylation sites (tertiary alicyclic amines) is 1. The van der Waals surface area contributed by atoms with E-state index in [0.717, 1.165) is 51.4 Å². The summed E-state index contributed by atoms with van der Waals surface area (Å²) in [6.45, 7) is 13.7. The zero-order valence-electron chi connectivity index (χ0n) is 16.7. The molecule has 2 unspecified atom stereocenters. The van der Waals surface area contributed by atoms with E-state index in [1.165, 1.54) is 0 Å². The molecule has 1 aliphatic rings. The molecule has 146 valence electrons. The highest BCUT2D eigenvalue weighted by Gasteiger charge is 2.28. The van der Waals surface area contributed by atoms with Crippen molar-refractivity contribution in [3.63, 3.8) is 0 Å². The van der Waals surface area contributed by atoms with E-state index in [4.69, 9.17) is 4.99 Å². The predicted octanol–water partition coefficient (Wildman–Crippen LogP) is 1.84. The maximum atomic E-state index is 12.1. The van der Waals surface area contributed by atoms with Gasteiger partial charge in [0.1, 0.15) is 0 Å². The Balaban J connectivity index is 2.59. The fourth-order valence-corrected chi connectivity index (χ4v) is 3.31. The van der Waals surface area contributed by atoms with Gasteiger partial charge in [0.05, 0.1) is 0 Å². The molecule has 1 heterocycles. The van der Waals surface area contributed by atoms with Crippen LogP contribution in [-0.2, 0) is 4.79 Å². The van der Waals surface area contributed by atoms with Crippen molar-refractivity contribution in [3.8, 4) is 0 Å². The first kappa shape index (κ1) is 21.7. The number of nitrogens with one attached hydrogen (secondary N) is 2. The van der Waals surface area contributed by atoms with Crippen molar-refractivity contribution in [2.45, 2.75) is 59.9 Å². The molecule has 0 aromatic heterocycles. The number of aliphatic hydroxyl groups is 1. The standard InChI is InChI=1S/C19H38N4O2/c1-6-20-19(21-12-16(8-10-24)11-14(2)3)22-17-7-9-23(13-17)18(25)15(4)5/h14-17,24H,6-13H2,1-5H3,(H2,20,21,22). The summed E-state index contributed by atoms with van der Waals surface area (Å²) in [6.07, 6.45) is 2.82. The second kappa shape index (κ2) is 11.3. The maximum absolute atomic E-state index is 12.1. The van der Waals surface area contributed by atoms with Crippen molar-refractivity contribution in [1.29, 1.82) is 0 Å². The Labute approximate surface area is 153 Å². The molecule has 2 atom stereocenters. The van der Waals surface area contributed by atoms with Gasteiger partial charge in [0.25, 0.3) is 0 Å². The Bertz CT molecular complexity index is 424. The van der Waals surface area contributed by atoms with Crippen LogP contribution in [0.25, 0.3) is 0 Å². The highest BCUT2D eigenvalue weighted by molar-refractivity contribution is 5.81. The van der Waals surface area contributed by atoms with Gasteiger partial charge < -0.3 is 20.6 Å². The lowest BCUT2D eigenvalue weighted by atomic mass is 9.94. The van der Waals surface area contributed by atoms with Gasteiger partial charge in [-0.05, 0) is 38.0 Å². The van der Waals surface area contributed by atoms with E-state index < -0.39 is 0 Å². The number of aliphatic imine (C=N–C) groups is 1. The van der Waals surface area contributed by atoms with Gasteiger partial charge in [0.15, 0.2) is 5.96 Å². The molecule has 0 aliphatic carbocycles. The third-order valence-electron chi connectivity index (χ3n) is 4.53. The molecule has 25 heavy (non-hydrogen) atoms. The van der Waals surface area contributed by atoms with E-state index in [-0.39, 0.29) is 24.5 Å². The van der Waals surface area contributed by atoms with Gasteiger partial charge in [-0.3, -0.25) is 9.79 Å².